The Morgan fingerprint density at radius 2 is 2.32 bits per heavy atom. The number of tetrazole rings is 1. The fourth-order valence-electron chi connectivity index (χ4n) is 1.91. The van der Waals surface area contributed by atoms with Gasteiger partial charge in [-0.05, 0) is 29.0 Å². The van der Waals surface area contributed by atoms with Crippen molar-refractivity contribution < 1.29 is 9.21 Å². The molecule has 2 heterocycles. The third-order valence-electron chi connectivity index (χ3n) is 3.07. The average Bonchev–Trinajstić information content (AvgIpc) is 3.17. The quantitative estimate of drug-likeness (QED) is 0.532. The van der Waals surface area contributed by atoms with E-state index >= 15 is 0 Å². The van der Waals surface area contributed by atoms with Crippen LogP contribution < -0.4 is 5.32 Å². The van der Waals surface area contributed by atoms with E-state index < -0.39 is 0 Å². The minimum Gasteiger partial charge on any atom is -0.467 e. The minimum atomic E-state index is 0.00838. The Morgan fingerprint density at radius 3 is 3.09 bits per heavy atom. The molecule has 0 radical (unpaired) electrons. The summed E-state index contributed by atoms with van der Waals surface area (Å²) in [6, 6.07) is 3.68. The SMILES string of the molecule is CCCCCCNC(=O)CSc1nnnn1Cc1ccco1. The van der Waals surface area contributed by atoms with Crippen LogP contribution in [-0.2, 0) is 11.3 Å². The van der Waals surface area contributed by atoms with Gasteiger partial charge < -0.3 is 9.73 Å². The van der Waals surface area contributed by atoms with E-state index in [0.717, 1.165) is 25.1 Å². The lowest BCUT2D eigenvalue weighted by atomic mass is 10.2. The molecule has 0 aliphatic rings. The van der Waals surface area contributed by atoms with Gasteiger partial charge >= 0.3 is 0 Å². The summed E-state index contributed by atoms with van der Waals surface area (Å²) in [5.74, 6) is 1.09. The smallest absolute Gasteiger partial charge is 0.230 e. The number of furan rings is 1. The van der Waals surface area contributed by atoms with E-state index in [4.69, 9.17) is 4.42 Å². The van der Waals surface area contributed by atoms with Crippen LogP contribution in [0.1, 0.15) is 38.4 Å². The van der Waals surface area contributed by atoms with Gasteiger partial charge in [-0.25, -0.2) is 4.68 Å². The molecular weight excluding hydrogens is 302 g/mol. The maximum absolute atomic E-state index is 11.8. The van der Waals surface area contributed by atoms with Gasteiger partial charge in [0.25, 0.3) is 0 Å². The number of carbonyl (C=O) groups excluding carboxylic acids is 1. The maximum Gasteiger partial charge on any atom is 0.230 e. The first-order valence-electron chi connectivity index (χ1n) is 7.47. The number of carbonyl (C=O) groups is 1. The molecular formula is C14H21N5O2S. The van der Waals surface area contributed by atoms with E-state index in [0.29, 0.717) is 17.5 Å². The van der Waals surface area contributed by atoms with Crippen LogP contribution in [0, 0.1) is 0 Å². The molecule has 0 aliphatic carbocycles. The molecule has 2 rings (SSSR count). The minimum absolute atomic E-state index is 0.00838. The van der Waals surface area contributed by atoms with Crippen molar-refractivity contribution in [1.29, 1.82) is 0 Å². The number of unbranched alkanes of at least 4 members (excludes halogenated alkanes) is 3. The van der Waals surface area contributed by atoms with Gasteiger partial charge in [-0.15, -0.1) is 5.10 Å². The highest BCUT2D eigenvalue weighted by Gasteiger charge is 2.11. The first kappa shape index (κ1) is 16.5. The highest BCUT2D eigenvalue weighted by Crippen LogP contribution is 2.14. The van der Waals surface area contributed by atoms with Gasteiger partial charge in [0, 0.05) is 6.54 Å². The number of nitrogens with one attached hydrogen (secondary N) is 1. The van der Waals surface area contributed by atoms with E-state index in [1.54, 1.807) is 10.9 Å². The molecule has 1 amide bonds. The Kier molecular flexibility index (Phi) is 6.95. The van der Waals surface area contributed by atoms with Crippen LogP contribution in [0.25, 0.3) is 0 Å². The topological polar surface area (TPSA) is 85.8 Å². The van der Waals surface area contributed by atoms with Gasteiger partial charge in [0.05, 0.1) is 12.0 Å². The third kappa shape index (κ3) is 5.51. The summed E-state index contributed by atoms with van der Waals surface area (Å²) in [4.78, 5) is 11.8. The van der Waals surface area contributed by atoms with E-state index in [1.165, 1.54) is 24.6 Å². The Bertz CT molecular complexity index is 555. The summed E-state index contributed by atoms with van der Waals surface area (Å²) in [5, 5.41) is 15.0. The van der Waals surface area contributed by atoms with Crippen molar-refractivity contribution in [3.05, 3.63) is 24.2 Å². The number of amides is 1. The second-order valence-electron chi connectivity index (χ2n) is 4.90. The molecule has 2 aromatic heterocycles. The summed E-state index contributed by atoms with van der Waals surface area (Å²) in [5.41, 5.74) is 0. The lowest BCUT2D eigenvalue weighted by molar-refractivity contribution is -0.118. The van der Waals surface area contributed by atoms with Gasteiger partial charge in [-0.3, -0.25) is 4.79 Å². The normalized spacial score (nSPS) is 10.8. The van der Waals surface area contributed by atoms with Crippen molar-refractivity contribution in [3.8, 4) is 0 Å². The molecule has 120 valence electrons. The summed E-state index contributed by atoms with van der Waals surface area (Å²) in [6.07, 6.45) is 6.21. The first-order valence-corrected chi connectivity index (χ1v) is 8.46. The molecule has 0 saturated carbocycles. The van der Waals surface area contributed by atoms with Crippen LogP contribution in [-0.4, -0.2) is 38.4 Å². The predicted molar refractivity (Wildman–Crippen MR) is 83.5 cm³/mol. The molecule has 0 spiro atoms. The van der Waals surface area contributed by atoms with Crippen molar-refractivity contribution in [2.45, 2.75) is 44.3 Å². The van der Waals surface area contributed by atoms with Gasteiger partial charge in [0.1, 0.15) is 12.3 Å². The molecule has 0 atom stereocenters. The van der Waals surface area contributed by atoms with Crippen LogP contribution in [0.3, 0.4) is 0 Å². The monoisotopic (exact) mass is 323 g/mol. The fraction of sp³-hybridized carbons (Fsp3) is 0.571. The van der Waals surface area contributed by atoms with E-state index in [2.05, 4.69) is 27.8 Å². The molecule has 8 heteroatoms. The molecule has 0 aliphatic heterocycles. The molecule has 0 bridgehead atoms. The third-order valence-corrected chi connectivity index (χ3v) is 4.03. The highest BCUT2D eigenvalue weighted by molar-refractivity contribution is 7.99. The zero-order chi connectivity index (χ0) is 15.6. The van der Waals surface area contributed by atoms with E-state index in [9.17, 15) is 4.79 Å². The number of thioether (sulfide) groups is 1. The Balaban J connectivity index is 1.70. The average molecular weight is 323 g/mol. The van der Waals surface area contributed by atoms with Crippen LogP contribution in [0.4, 0.5) is 0 Å². The second kappa shape index (κ2) is 9.24. The van der Waals surface area contributed by atoms with Crippen molar-refractivity contribution in [2.75, 3.05) is 12.3 Å². The standard InChI is InChI=1S/C14H21N5O2S/c1-2-3-4-5-8-15-13(20)11-22-14-16-17-18-19(14)10-12-7-6-9-21-12/h6-7,9H,2-5,8,10-11H2,1H3,(H,15,20). The Labute approximate surface area is 133 Å². The Morgan fingerprint density at radius 1 is 1.41 bits per heavy atom. The number of hydrogen-bond donors (Lipinski definition) is 1. The molecule has 7 nitrogen and oxygen atoms in total. The van der Waals surface area contributed by atoms with Crippen molar-refractivity contribution in [3.63, 3.8) is 0 Å². The summed E-state index contributed by atoms with van der Waals surface area (Å²) >= 11 is 1.33. The van der Waals surface area contributed by atoms with Crippen molar-refractivity contribution in [2.24, 2.45) is 0 Å². The van der Waals surface area contributed by atoms with Crippen molar-refractivity contribution in [1.82, 2.24) is 25.5 Å². The lowest BCUT2D eigenvalue weighted by Gasteiger charge is -2.05. The zero-order valence-electron chi connectivity index (χ0n) is 12.7. The van der Waals surface area contributed by atoms with Gasteiger partial charge in [0.2, 0.25) is 11.1 Å². The van der Waals surface area contributed by atoms with Gasteiger partial charge in [-0.1, -0.05) is 37.9 Å². The Hall–Kier alpha value is -1.83. The van der Waals surface area contributed by atoms with Gasteiger partial charge in [-0.2, -0.15) is 0 Å². The zero-order valence-corrected chi connectivity index (χ0v) is 13.5. The lowest BCUT2D eigenvalue weighted by Crippen LogP contribution is -2.26. The maximum atomic E-state index is 11.8. The van der Waals surface area contributed by atoms with E-state index in [-0.39, 0.29) is 5.91 Å². The molecule has 22 heavy (non-hydrogen) atoms. The second-order valence-corrected chi connectivity index (χ2v) is 5.84. The summed E-state index contributed by atoms with van der Waals surface area (Å²) < 4.78 is 6.89. The molecule has 1 N–H and O–H groups in total. The number of rotatable bonds is 10. The largest absolute Gasteiger partial charge is 0.467 e. The first-order chi connectivity index (χ1) is 10.8. The van der Waals surface area contributed by atoms with Crippen LogP contribution in [0.15, 0.2) is 28.0 Å². The highest BCUT2D eigenvalue weighted by atomic mass is 32.2. The van der Waals surface area contributed by atoms with Crippen molar-refractivity contribution >= 4 is 17.7 Å². The summed E-state index contributed by atoms with van der Waals surface area (Å²) in [7, 11) is 0. The molecule has 0 fully saturated rings. The van der Waals surface area contributed by atoms with Crippen LogP contribution >= 0.6 is 11.8 Å². The molecule has 0 aromatic carbocycles. The number of nitrogens with zero attached hydrogens (tertiary/aromatic N) is 4. The number of hydrogen-bond acceptors (Lipinski definition) is 6. The predicted octanol–water partition coefficient (Wildman–Crippen LogP) is 2.10. The van der Waals surface area contributed by atoms with Crippen LogP contribution in [0.5, 0.6) is 0 Å². The van der Waals surface area contributed by atoms with E-state index in [1.807, 2.05) is 12.1 Å². The molecule has 0 unspecified atom stereocenters. The molecule has 0 saturated heterocycles. The fourth-order valence-corrected chi connectivity index (χ4v) is 2.62. The number of aromatic nitrogens is 4. The van der Waals surface area contributed by atoms with Gasteiger partial charge in [0.15, 0.2) is 0 Å². The van der Waals surface area contributed by atoms with Crippen LogP contribution in [0.2, 0.25) is 0 Å². The summed E-state index contributed by atoms with van der Waals surface area (Å²) in [6.45, 7) is 3.36. The molecule has 2 aromatic rings.